The highest BCUT2D eigenvalue weighted by atomic mass is 19.2. The van der Waals surface area contributed by atoms with Gasteiger partial charge in [0, 0.05) is 30.6 Å². The predicted molar refractivity (Wildman–Crippen MR) is 78.1 cm³/mol. The van der Waals surface area contributed by atoms with E-state index in [0.29, 0.717) is 17.3 Å². The standard InChI is InChI=1S/C16H11F2N3O3/c17-11-4-3-10(7-12(11)18)21-8-9(6-14(21)22)15-19-16(24-20-15)13-2-1-5-23-13/h1-5,7,9H,6,8H2. The molecule has 0 N–H and O–H groups in total. The fourth-order valence-corrected chi connectivity index (χ4v) is 2.68. The molecule has 1 fully saturated rings. The molecule has 3 aromatic rings. The van der Waals surface area contributed by atoms with Crippen molar-refractivity contribution in [2.75, 3.05) is 11.4 Å². The molecule has 4 rings (SSSR count). The molecule has 2 aromatic heterocycles. The molecule has 1 unspecified atom stereocenters. The van der Waals surface area contributed by atoms with E-state index in [1.54, 1.807) is 12.1 Å². The number of halogens is 2. The van der Waals surface area contributed by atoms with Crippen molar-refractivity contribution in [2.45, 2.75) is 12.3 Å². The van der Waals surface area contributed by atoms with Crippen LogP contribution in [0.2, 0.25) is 0 Å². The number of rotatable bonds is 3. The molecule has 8 heteroatoms. The minimum absolute atomic E-state index is 0.163. The number of furan rings is 1. The number of anilines is 1. The first-order valence-electron chi connectivity index (χ1n) is 7.24. The number of benzene rings is 1. The highest BCUT2D eigenvalue weighted by Gasteiger charge is 2.35. The third kappa shape index (κ3) is 2.45. The van der Waals surface area contributed by atoms with E-state index in [-0.39, 0.29) is 30.7 Å². The lowest BCUT2D eigenvalue weighted by atomic mass is 10.1. The van der Waals surface area contributed by atoms with Crippen molar-refractivity contribution in [2.24, 2.45) is 0 Å². The molecule has 0 spiro atoms. The molecule has 122 valence electrons. The molecule has 0 aliphatic carbocycles. The molecule has 6 nitrogen and oxygen atoms in total. The van der Waals surface area contributed by atoms with Gasteiger partial charge in [0.25, 0.3) is 5.89 Å². The minimum atomic E-state index is -0.997. The van der Waals surface area contributed by atoms with Gasteiger partial charge < -0.3 is 13.8 Å². The summed E-state index contributed by atoms with van der Waals surface area (Å²) in [5.41, 5.74) is 0.302. The molecule has 0 bridgehead atoms. The zero-order valence-electron chi connectivity index (χ0n) is 12.3. The van der Waals surface area contributed by atoms with Crippen LogP contribution in [0, 0.1) is 11.6 Å². The molecule has 1 aliphatic rings. The van der Waals surface area contributed by atoms with Gasteiger partial charge in [-0.1, -0.05) is 5.16 Å². The molecule has 24 heavy (non-hydrogen) atoms. The normalized spacial score (nSPS) is 17.7. The maximum absolute atomic E-state index is 13.4. The lowest BCUT2D eigenvalue weighted by Crippen LogP contribution is -2.24. The van der Waals surface area contributed by atoms with Crippen molar-refractivity contribution in [1.82, 2.24) is 10.1 Å². The summed E-state index contributed by atoms with van der Waals surface area (Å²) < 4.78 is 36.7. The molecule has 3 heterocycles. The molecule has 0 saturated carbocycles. The van der Waals surface area contributed by atoms with Crippen molar-refractivity contribution in [3.63, 3.8) is 0 Å². The molecule has 1 aliphatic heterocycles. The second-order valence-corrected chi connectivity index (χ2v) is 5.44. The van der Waals surface area contributed by atoms with Gasteiger partial charge in [0.05, 0.1) is 6.26 Å². The van der Waals surface area contributed by atoms with Gasteiger partial charge >= 0.3 is 0 Å². The van der Waals surface area contributed by atoms with Crippen molar-refractivity contribution >= 4 is 11.6 Å². The van der Waals surface area contributed by atoms with Crippen molar-refractivity contribution < 1.29 is 22.5 Å². The van der Waals surface area contributed by atoms with E-state index in [9.17, 15) is 13.6 Å². The number of hydrogen-bond donors (Lipinski definition) is 0. The van der Waals surface area contributed by atoms with Gasteiger partial charge in [-0.2, -0.15) is 4.98 Å². The first-order chi connectivity index (χ1) is 11.6. The summed E-state index contributed by atoms with van der Waals surface area (Å²) >= 11 is 0. The second-order valence-electron chi connectivity index (χ2n) is 5.44. The number of carbonyl (C=O) groups is 1. The summed E-state index contributed by atoms with van der Waals surface area (Å²) in [5, 5.41) is 3.89. The second kappa shape index (κ2) is 5.55. The number of hydrogen-bond acceptors (Lipinski definition) is 5. The largest absolute Gasteiger partial charge is 0.459 e. The summed E-state index contributed by atoms with van der Waals surface area (Å²) in [6.07, 6.45) is 1.65. The monoisotopic (exact) mass is 331 g/mol. The SMILES string of the molecule is O=C1CC(c2noc(-c3ccco3)n2)CN1c1ccc(F)c(F)c1. The van der Waals surface area contributed by atoms with Crippen LogP contribution in [0.5, 0.6) is 0 Å². The molecular weight excluding hydrogens is 320 g/mol. The van der Waals surface area contributed by atoms with Crippen molar-refractivity contribution in [3.8, 4) is 11.7 Å². The topological polar surface area (TPSA) is 72.4 Å². The number of nitrogens with zero attached hydrogens (tertiary/aromatic N) is 3. The van der Waals surface area contributed by atoms with E-state index >= 15 is 0 Å². The van der Waals surface area contributed by atoms with Gasteiger partial charge in [-0.15, -0.1) is 0 Å². The molecule has 0 radical (unpaired) electrons. The number of aromatic nitrogens is 2. The minimum Gasteiger partial charge on any atom is -0.459 e. The Morgan fingerprint density at radius 2 is 2.08 bits per heavy atom. The van der Waals surface area contributed by atoms with Crippen LogP contribution in [0.1, 0.15) is 18.2 Å². The first kappa shape index (κ1) is 14.6. The van der Waals surface area contributed by atoms with Gasteiger partial charge in [-0.3, -0.25) is 4.79 Å². The van der Waals surface area contributed by atoms with E-state index < -0.39 is 11.6 Å². The van der Waals surface area contributed by atoms with Gasteiger partial charge in [-0.05, 0) is 24.3 Å². The average Bonchev–Trinajstić information content (AvgIpc) is 3.28. The van der Waals surface area contributed by atoms with Crippen LogP contribution in [-0.4, -0.2) is 22.6 Å². The Labute approximate surface area is 134 Å². The van der Waals surface area contributed by atoms with E-state index in [1.807, 2.05) is 0 Å². The van der Waals surface area contributed by atoms with Crippen LogP contribution in [0.4, 0.5) is 14.5 Å². The Hall–Kier alpha value is -3.03. The van der Waals surface area contributed by atoms with Crippen LogP contribution in [0.25, 0.3) is 11.7 Å². The Kier molecular flexibility index (Phi) is 3.37. The lowest BCUT2D eigenvalue weighted by Gasteiger charge is -2.16. The fourth-order valence-electron chi connectivity index (χ4n) is 2.68. The number of carbonyl (C=O) groups excluding carboxylic acids is 1. The molecular formula is C16H11F2N3O3. The Morgan fingerprint density at radius 1 is 1.21 bits per heavy atom. The van der Waals surface area contributed by atoms with Gasteiger partial charge in [-0.25, -0.2) is 8.78 Å². The maximum Gasteiger partial charge on any atom is 0.293 e. The summed E-state index contributed by atoms with van der Waals surface area (Å²) in [4.78, 5) is 17.8. The summed E-state index contributed by atoms with van der Waals surface area (Å²) in [5.74, 6) is -1.41. The Bertz CT molecular complexity index is 892. The zero-order chi connectivity index (χ0) is 16.7. The molecule has 1 aromatic carbocycles. The lowest BCUT2D eigenvalue weighted by molar-refractivity contribution is -0.117. The van der Waals surface area contributed by atoms with Crippen molar-refractivity contribution in [1.29, 1.82) is 0 Å². The Balaban J connectivity index is 1.56. The predicted octanol–water partition coefficient (Wildman–Crippen LogP) is 3.13. The van der Waals surface area contributed by atoms with E-state index in [2.05, 4.69) is 10.1 Å². The van der Waals surface area contributed by atoms with Gasteiger partial charge in [0.2, 0.25) is 5.91 Å². The zero-order valence-corrected chi connectivity index (χ0v) is 12.3. The average molecular weight is 331 g/mol. The van der Waals surface area contributed by atoms with E-state index in [0.717, 1.165) is 12.1 Å². The van der Waals surface area contributed by atoms with Crippen LogP contribution in [-0.2, 0) is 4.79 Å². The maximum atomic E-state index is 13.4. The van der Waals surface area contributed by atoms with Crippen LogP contribution in [0.15, 0.2) is 45.5 Å². The molecule has 1 amide bonds. The van der Waals surface area contributed by atoms with Gasteiger partial charge in [0.15, 0.2) is 23.2 Å². The highest BCUT2D eigenvalue weighted by Crippen LogP contribution is 2.32. The first-order valence-corrected chi connectivity index (χ1v) is 7.24. The Morgan fingerprint density at radius 3 is 2.83 bits per heavy atom. The van der Waals surface area contributed by atoms with Crippen molar-refractivity contribution in [3.05, 3.63) is 54.1 Å². The number of amides is 1. The van der Waals surface area contributed by atoms with Crippen LogP contribution in [0.3, 0.4) is 0 Å². The smallest absolute Gasteiger partial charge is 0.293 e. The highest BCUT2D eigenvalue weighted by molar-refractivity contribution is 5.96. The van der Waals surface area contributed by atoms with E-state index in [4.69, 9.17) is 8.94 Å². The summed E-state index contributed by atoms with van der Waals surface area (Å²) in [7, 11) is 0. The summed E-state index contributed by atoms with van der Waals surface area (Å²) in [6.45, 7) is 0.265. The third-order valence-corrected chi connectivity index (χ3v) is 3.88. The summed E-state index contributed by atoms with van der Waals surface area (Å²) in [6, 6.07) is 6.74. The van der Waals surface area contributed by atoms with Crippen LogP contribution < -0.4 is 4.90 Å². The quantitative estimate of drug-likeness (QED) is 0.737. The molecule has 1 atom stereocenters. The van der Waals surface area contributed by atoms with Crippen LogP contribution >= 0.6 is 0 Å². The van der Waals surface area contributed by atoms with E-state index in [1.165, 1.54) is 17.2 Å². The third-order valence-electron chi connectivity index (χ3n) is 3.88. The fraction of sp³-hybridized carbons (Fsp3) is 0.188. The van der Waals surface area contributed by atoms with Gasteiger partial charge in [0.1, 0.15) is 0 Å². The molecule has 1 saturated heterocycles.